The lowest BCUT2D eigenvalue weighted by Crippen LogP contribution is -2.43. The van der Waals surface area contributed by atoms with Gasteiger partial charge in [0, 0.05) is 17.1 Å². The fourth-order valence-electron chi connectivity index (χ4n) is 1.80. The number of hydrogen-bond donors (Lipinski definition) is 3. The molecule has 134 valence electrons. The summed E-state index contributed by atoms with van der Waals surface area (Å²) in [5, 5.41) is 12.4. The summed E-state index contributed by atoms with van der Waals surface area (Å²) in [5.41, 5.74) is 0.842. The molecule has 0 bridgehead atoms. The number of hydrogen-bond acceptors (Lipinski definition) is 5. The molecule has 1 atom stereocenters. The van der Waals surface area contributed by atoms with Crippen molar-refractivity contribution in [3.63, 3.8) is 0 Å². The molecule has 0 saturated heterocycles. The van der Waals surface area contributed by atoms with Crippen LogP contribution in [0.5, 0.6) is 0 Å². The van der Waals surface area contributed by atoms with E-state index in [9.17, 15) is 9.59 Å². The van der Waals surface area contributed by atoms with Crippen LogP contribution in [0.2, 0.25) is 5.02 Å². The van der Waals surface area contributed by atoms with E-state index in [1.807, 2.05) is 26.0 Å². The van der Waals surface area contributed by atoms with Crippen LogP contribution in [0.4, 0.5) is 4.79 Å². The van der Waals surface area contributed by atoms with E-state index in [0.717, 1.165) is 5.56 Å². The fourth-order valence-corrected chi connectivity index (χ4v) is 2.65. The fraction of sp³-hybridized carbons (Fsp3) is 0.375. The summed E-state index contributed by atoms with van der Waals surface area (Å²) in [6, 6.07) is 6.68. The predicted molar refractivity (Wildman–Crippen MR) is 98.5 cm³/mol. The van der Waals surface area contributed by atoms with Gasteiger partial charge in [-0.15, -0.1) is 5.10 Å². The van der Waals surface area contributed by atoms with Crippen molar-refractivity contribution in [3.8, 4) is 11.4 Å². The number of aromatic nitrogens is 3. The number of amides is 3. The molecule has 0 unspecified atom stereocenters. The second-order valence-electron chi connectivity index (χ2n) is 5.83. The monoisotopic (exact) mass is 381 g/mol. The topological polar surface area (TPSA) is 99.8 Å². The molecule has 1 heterocycles. The minimum Gasteiger partial charge on any atom is -0.338 e. The molecule has 0 aliphatic rings. The van der Waals surface area contributed by atoms with Crippen LogP contribution in [0.3, 0.4) is 0 Å². The highest BCUT2D eigenvalue weighted by Gasteiger charge is 2.19. The van der Waals surface area contributed by atoms with Crippen LogP contribution in [0.25, 0.3) is 11.4 Å². The van der Waals surface area contributed by atoms with Gasteiger partial charge in [0.2, 0.25) is 11.1 Å². The number of aromatic amines is 1. The van der Waals surface area contributed by atoms with E-state index in [4.69, 9.17) is 11.6 Å². The number of nitrogens with zero attached hydrogens (tertiary/aromatic N) is 2. The number of benzene rings is 1. The van der Waals surface area contributed by atoms with Crippen LogP contribution < -0.4 is 10.6 Å². The number of urea groups is 1. The Morgan fingerprint density at radius 3 is 2.56 bits per heavy atom. The largest absolute Gasteiger partial charge is 0.338 e. The SMILES string of the molecule is CC(C)CNC(=O)NC(=O)[C@@H](C)Sc1n[nH]c(-c2ccc(Cl)cc2)n1. The lowest BCUT2D eigenvalue weighted by molar-refractivity contribution is -0.119. The first-order valence-electron chi connectivity index (χ1n) is 7.79. The van der Waals surface area contributed by atoms with Gasteiger partial charge in [0.05, 0.1) is 5.25 Å². The van der Waals surface area contributed by atoms with Crippen LogP contribution in [0, 0.1) is 5.92 Å². The molecular weight excluding hydrogens is 362 g/mol. The molecule has 7 nitrogen and oxygen atoms in total. The maximum atomic E-state index is 12.0. The van der Waals surface area contributed by atoms with Crippen molar-refractivity contribution in [2.24, 2.45) is 5.92 Å². The summed E-state index contributed by atoms with van der Waals surface area (Å²) in [5.74, 6) is 0.498. The summed E-state index contributed by atoms with van der Waals surface area (Å²) >= 11 is 7.03. The number of imide groups is 1. The van der Waals surface area contributed by atoms with Gasteiger partial charge in [-0.05, 0) is 37.1 Å². The minimum atomic E-state index is -0.515. The quantitative estimate of drug-likeness (QED) is 0.667. The molecule has 3 amide bonds. The Hall–Kier alpha value is -2.06. The molecule has 0 saturated carbocycles. The number of carbonyl (C=O) groups excluding carboxylic acids is 2. The Balaban J connectivity index is 1.90. The first-order valence-corrected chi connectivity index (χ1v) is 9.04. The number of thioether (sulfide) groups is 1. The molecule has 0 fully saturated rings. The van der Waals surface area contributed by atoms with Gasteiger partial charge in [-0.25, -0.2) is 9.78 Å². The van der Waals surface area contributed by atoms with Crippen molar-refractivity contribution in [2.75, 3.05) is 6.54 Å². The van der Waals surface area contributed by atoms with Crippen LogP contribution in [-0.4, -0.2) is 38.9 Å². The van der Waals surface area contributed by atoms with Gasteiger partial charge < -0.3 is 5.32 Å². The summed E-state index contributed by atoms with van der Waals surface area (Å²) in [6.07, 6.45) is 0. The minimum absolute atomic E-state index is 0.312. The van der Waals surface area contributed by atoms with Gasteiger partial charge in [0.1, 0.15) is 0 Å². The van der Waals surface area contributed by atoms with Gasteiger partial charge in [-0.1, -0.05) is 37.2 Å². The van der Waals surface area contributed by atoms with Crippen molar-refractivity contribution in [2.45, 2.75) is 31.2 Å². The number of carbonyl (C=O) groups is 2. The summed E-state index contributed by atoms with van der Waals surface area (Å²) < 4.78 is 0. The van der Waals surface area contributed by atoms with Gasteiger partial charge >= 0.3 is 6.03 Å². The third kappa shape index (κ3) is 6.06. The van der Waals surface area contributed by atoms with Crippen LogP contribution in [0.15, 0.2) is 29.4 Å². The molecule has 1 aromatic heterocycles. The Bertz CT molecular complexity index is 732. The maximum absolute atomic E-state index is 12.0. The molecule has 0 aliphatic carbocycles. The van der Waals surface area contributed by atoms with Crippen molar-refractivity contribution in [3.05, 3.63) is 29.3 Å². The van der Waals surface area contributed by atoms with Crippen molar-refractivity contribution in [1.82, 2.24) is 25.8 Å². The van der Waals surface area contributed by atoms with Crippen LogP contribution >= 0.6 is 23.4 Å². The van der Waals surface area contributed by atoms with Gasteiger partial charge in [0.25, 0.3) is 0 Å². The standard InChI is InChI=1S/C16H20ClN5O2S/c1-9(2)8-18-15(24)20-14(23)10(3)25-16-19-13(21-22-16)11-4-6-12(17)7-5-11/h4-7,9-10H,8H2,1-3H3,(H,19,21,22)(H2,18,20,23,24)/t10-/m1/s1. The maximum Gasteiger partial charge on any atom is 0.321 e. The Morgan fingerprint density at radius 2 is 1.92 bits per heavy atom. The lowest BCUT2D eigenvalue weighted by Gasteiger charge is -2.11. The van der Waals surface area contributed by atoms with E-state index in [1.165, 1.54) is 11.8 Å². The highest BCUT2D eigenvalue weighted by Crippen LogP contribution is 2.23. The van der Waals surface area contributed by atoms with Crippen molar-refractivity contribution in [1.29, 1.82) is 0 Å². The molecule has 0 radical (unpaired) electrons. The molecular formula is C16H20ClN5O2S. The molecule has 0 aliphatic heterocycles. The normalized spacial score (nSPS) is 12.0. The molecule has 9 heteroatoms. The highest BCUT2D eigenvalue weighted by atomic mass is 35.5. The zero-order valence-corrected chi connectivity index (χ0v) is 15.7. The second-order valence-corrected chi connectivity index (χ2v) is 7.57. The average Bonchev–Trinajstić information content (AvgIpc) is 3.02. The number of H-pyrrole nitrogens is 1. The summed E-state index contributed by atoms with van der Waals surface area (Å²) in [7, 11) is 0. The molecule has 1 aromatic carbocycles. The van der Waals surface area contributed by atoms with E-state index in [1.54, 1.807) is 19.1 Å². The summed E-state index contributed by atoms with van der Waals surface area (Å²) in [6.45, 7) is 6.14. The van der Waals surface area contributed by atoms with Crippen LogP contribution in [0.1, 0.15) is 20.8 Å². The van der Waals surface area contributed by atoms with E-state index in [2.05, 4.69) is 25.8 Å². The molecule has 2 rings (SSSR count). The number of halogens is 1. The zero-order chi connectivity index (χ0) is 18.4. The smallest absolute Gasteiger partial charge is 0.321 e. The Morgan fingerprint density at radius 1 is 1.24 bits per heavy atom. The van der Waals surface area contributed by atoms with Crippen LogP contribution in [-0.2, 0) is 4.79 Å². The lowest BCUT2D eigenvalue weighted by atomic mass is 10.2. The Kier molecular flexibility index (Phi) is 6.83. The van der Waals surface area contributed by atoms with Crippen molar-refractivity contribution >= 4 is 35.3 Å². The molecule has 0 spiro atoms. The number of rotatable bonds is 6. The second kappa shape index (κ2) is 8.87. The van der Waals surface area contributed by atoms with Gasteiger partial charge in [-0.2, -0.15) is 0 Å². The molecule has 2 aromatic rings. The number of nitrogens with one attached hydrogen (secondary N) is 3. The molecule has 25 heavy (non-hydrogen) atoms. The average molecular weight is 382 g/mol. The third-order valence-corrected chi connectivity index (χ3v) is 4.35. The van der Waals surface area contributed by atoms with E-state index in [0.29, 0.717) is 28.5 Å². The van der Waals surface area contributed by atoms with Gasteiger partial charge in [-0.3, -0.25) is 15.2 Å². The first kappa shape index (κ1) is 19.3. The van der Waals surface area contributed by atoms with E-state index < -0.39 is 17.2 Å². The highest BCUT2D eigenvalue weighted by molar-refractivity contribution is 8.00. The first-order chi connectivity index (χ1) is 11.8. The predicted octanol–water partition coefficient (Wildman–Crippen LogP) is 3.09. The van der Waals surface area contributed by atoms with E-state index in [-0.39, 0.29) is 0 Å². The van der Waals surface area contributed by atoms with Crippen molar-refractivity contribution < 1.29 is 9.59 Å². The van der Waals surface area contributed by atoms with Gasteiger partial charge in [0.15, 0.2) is 5.82 Å². The van der Waals surface area contributed by atoms with E-state index >= 15 is 0 Å². The summed E-state index contributed by atoms with van der Waals surface area (Å²) in [4.78, 5) is 28.0. The zero-order valence-electron chi connectivity index (χ0n) is 14.2. The Labute approximate surface area is 155 Å². The molecule has 3 N–H and O–H groups in total. The third-order valence-electron chi connectivity index (χ3n) is 3.14.